The van der Waals surface area contributed by atoms with Gasteiger partial charge in [0, 0.05) is 4.47 Å². The van der Waals surface area contributed by atoms with Crippen LogP contribution in [0.25, 0.3) is 0 Å². The lowest BCUT2D eigenvalue weighted by atomic mass is 10.1. The Morgan fingerprint density at radius 3 is 2.75 bits per heavy atom. The Morgan fingerprint density at radius 2 is 2.25 bits per heavy atom. The number of benzene rings is 1. The summed E-state index contributed by atoms with van der Waals surface area (Å²) in [6.45, 7) is 1.99. The Bertz CT molecular complexity index is 275. The third kappa shape index (κ3) is 2.06. The fourth-order valence-electron chi connectivity index (χ4n) is 0.945. The van der Waals surface area contributed by atoms with Crippen molar-refractivity contribution < 1.29 is 5.11 Å². The maximum Gasteiger partial charge on any atom is 0.0624 e. The molecule has 0 amide bonds. The van der Waals surface area contributed by atoms with Gasteiger partial charge in [-0.3, -0.25) is 0 Å². The Kier molecular flexibility index (Phi) is 3.26. The molecule has 0 saturated carbocycles. The first-order valence-corrected chi connectivity index (χ1v) is 4.57. The van der Waals surface area contributed by atoms with Crippen molar-refractivity contribution in [2.75, 3.05) is 6.61 Å². The molecule has 1 atom stereocenters. The summed E-state index contributed by atoms with van der Waals surface area (Å²) >= 11 is 3.41. The largest absolute Gasteiger partial charge is 0.394 e. The van der Waals surface area contributed by atoms with Crippen molar-refractivity contribution >= 4 is 15.9 Å². The number of aryl methyl sites for hydroxylation is 1. The highest BCUT2D eigenvalue weighted by atomic mass is 79.9. The van der Waals surface area contributed by atoms with E-state index in [1.165, 1.54) is 5.56 Å². The molecule has 0 unspecified atom stereocenters. The van der Waals surface area contributed by atoms with Gasteiger partial charge in [-0.25, -0.2) is 0 Å². The second-order valence-corrected chi connectivity index (χ2v) is 3.65. The Labute approximate surface area is 80.5 Å². The quantitative estimate of drug-likeness (QED) is 0.812. The Hall–Kier alpha value is -0.380. The summed E-state index contributed by atoms with van der Waals surface area (Å²) in [5, 5.41) is 8.81. The minimum atomic E-state index is -0.276. The van der Waals surface area contributed by atoms with Crippen molar-refractivity contribution in [3.05, 3.63) is 33.8 Å². The molecule has 0 aliphatic rings. The van der Waals surface area contributed by atoms with Gasteiger partial charge in [0.25, 0.3) is 0 Å². The van der Waals surface area contributed by atoms with Crippen LogP contribution in [0, 0.1) is 6.92 Å². The van der Waals surface area contributed by atoms with Crippen molar-refractivity contribution in [1.29, 1.82) is 0 Å². The summed E-state index contributed by atoms with van der Waals surface area (Å²) in [4.78, 5) is 0. The van der Waals surface area contributed by atoms with E-state index in [9.17, 15) is 0 Å². The number of aliphatic hydroxyl groups is 1. The van der Waals surface area contributed by atoms with Gasteiger partial charge in [0.1, 0.15) is 0 Å². The van der Waals surface area contributed by atoms with Gasteiger partial charge in [-0.1, -0.05) is 28.1 Å². The molecule has 0 spiro atoms. The molecule has 0 fully saturated rings. The van der Waals surface area contributed by atoms with Gasteiger partial charge in [-0.2, -0.15) is 0 Å². The fourth-order valence-corrected chi connectivity index (χ4v) is 1.34. The summed E-state index contributed by atoms with van der Waals surface area (Å²) in [6.07, 6.45) is 0. The molecule has 66 valence electrons. The van der Waals surface area contributed by atoms with Gasteiger partial charge in [0.15, 0.2) is 0 Å². The molecular weight excluding hydrogens is 218 g/mol. The average Bonchev–Trinajstić information content (AvgIpc) is 2.08. The van der Waals surface area contributed by atoms with Crippen LogP contribution in [0.15, 0.2) is 22.7 Å². The number of hydrogen-bond acceptors (Lipinski definition) is 2. The van der Waals surface area contributed by atoms with Crippen LogP contribution < -0.4 is 5.73 Å². The number of halogens is 1. The Balaban J connectivity index is 2.96. The van der Waals surface area contributed by atoms with Crippen LogP contribution in [0.4, 0.5) is 0 Å². The molecule has 3 N–H and O–H groups in total. The van der Waals surface area contributed by atoms with Gasteiger partial charge in [-0.15, -0.1) is 0 Å². The van der Waals surface area contributed by atoms with Gasteiger partial charge in [0.05, 0.1) is 12.6 Å². The van der Waals surface area contributed by atoms with Gasteiger partial charge < -0.3 is 10.8 Å². The van der Waals surface area contributed by atoms with E-state index in [-0.39, 0.29) is 12.6 Å². The van der Waals surface area contributed by atoms with Crippen LogP contribution in [0.3, 0.4) is 0 Å². The minimum absolute atomic E-state index is 0.0184. The first kappa shape index (κ1) is 9.71. The fraction of sp³-hybridized carbons (Fsp3) is 0.333. The zero-order valence-corrected chi connectivity index (χ0v) is 8.51. The monoisotopic (exact) mass is 229 g/mol. The van der Waals surface area contributed by atoms with Gasteiger partial charge in [-0.05, 0) is 24.1 Å². The normalized spacial score (nSPS) is 13.0. The highest BCUT2D eigenvalue weighted by molar-refractivity contribution is 9.10. The number of hydrogen-bond donors (Lipinski definition) is 2. The predicted octanol–water partition coefficient (Wildman–Crippen LogP) is 1.75. The molecule has 0 aromatic heterocycles. The second kappa shape index (κ2) is 4.03. The van der Waals surface area contributed by atoms with Gasteiger partial charge >= 0.3 is 0 Å². The molecule has 0 radical (unpaired) electrons. The zero-order valence-electron chi connectivity index (χ0n) is 6.92. The highest BCUT2D eigenvalue weighted by Gasteiger charge is 2.04. The van der Waals surface area contributed by atoms with E-state index in [1.54, 1.807) is 0 Å². The van der Waals surface area contributed by atoms with E-state index in [2.05, 4.69) is 15.9 Å². The number of nitrogens with two attached hydrogens (primary N) is 1. The van der Waals surface area contributed by atoms with Crippen molar-refractivity contribution in [2.24, 2.45) is 5.73 Å². The van der Waals surface area contributed by atoms with Crippen molar-refractivity contribution in [3.8, 4) is 0 Å². The Morgan fingerprint density at radius 1 is 1.58 bits per heavy atom. The molecule has 2 nitrogen and oxygen atoms in total. The maximum atomic E-state index is 8.81. The van der Waals surface area contributed by atoms with Crippen LogP contribution in [-0.4, -0.2) is 11.7 Å². The van der Waals surface area contributed by atoms with E-state index in [1.807, 2.05) is 25.1 Å². The topological polar surface area (TPSA) is 46.2 Å². The summed E-state index contributed by atoms with van der Waals surface area (Å²) in [6, 6.07) is 5.58. The van der Waals surface area contributed by atoms with E-state index in [0.717, 1.165) is 10.0 Å². The number of aliphatic hydroxyl groups excluding tert-OH is 1. The van der Waals surface area contributed by atoms with Crippen molar-refractivity contribution in [1.82, 2.24) is 0 Å². The first-order valence-electron chi connectivity index (χ1n) is 3.77. The molecule has 0 bridgehead atoms. The molecule has 1 aromatic rings. The lowest BCUT2D eigenvalue weighted by Gasteiger charge is -2.09. The summed E-state index contributed by atoms with van der Waals surface area (Å²) < 4.78 is 1.03. The van der Waals surface area contributed by atoms with Crippen LogP contribution >= 0.6 is 15.9 Å². The van der Waals surface area contributed by atoms with Crippen LogP contribution in [0.2, 0.25) is 0 Å². The van der Waals surface area contributed by atoms with Crippen LogP contribution in [0.5, 0.6) is 0 Å². The molecule has 0 aliphatic carbocycles. The molecule has 12 heavy (non-hydrogen) atoms. The third-order valence-corrected chi connectivity index (χ3v) is 2.68. The first-order chi connectivity index (χ1) is 5.65. The average molecular weight is 230 g/mol. The van der Waals surface area contributed by atoms with Crippen molar-refractivity contribution in [3.63, 3.8) is 0 Å². The third-order valence-electron chi connectivity index (χ3n) is 1.82. The lowest BCUT2D eigenvalue weighted by molar-refractivity contribution is 0.268. The molecule has 0 aliphatic heterocycles. The maximum absolute atomic E-state index is 8.81. The molecule has 1 aromatic carbocycles. The molecule has 0 heterocycles. The smallest absolute Gasteiger partial charge is 0.0624 e. The highest BCUT2D eigenvalue weighted by Crippen LogP contribution is 2.20. The SMILES string of the molecule is Cc1ccc([C@@H](N)CO)cc1Br. The lowest BCUT2D eigenvalue weighted by Crippen LogP contribution is -2.14. The zero-order chi connectivity index (χ0) is 9.14. The minimum Gasteiger partial charge on any atom is -0.394 e. The summed E-state index contributed by atoms with van der Waals surface area (Å²) in [5.41, 5.74) is 7.77. The van der Waals surface area contributed by atoms with E-state index in [4.69, 9.17) is 10.8 Å². The summed E-state index contributed by atoms with van der Waals surface area (Å²) in [7, 11) is 0. The standard InChI is InChI=1S/C9H12BrNO/c1-6-2-3-7(4-8(6)10)9(11)5-12/h2-4,9,12H,5,11H2,1H3/t9-/m0/s1. The van der Waals surface area contributed by atoms with Crippen molar-refractivity contribution in [2.45, 2.75) is 13.0 Å². The molecule has 0 saturated heterocycles. The predicted molar refractivity (Wildman–Crippen MR) is 52.9 cm³/mol. The van der Waals surface area contributed by atoms with E-state index >= 15 is 0 Å². The van der Waals surface area contributed by atoms with Crippen LogP contribution in [-0.2, 0) is 0 Å². The molecule has 1 rings (SSSR count). The second-order valence-electron chi connectivity index (χ2n) is 2.80. The molecular formula is C9H12BrNO. The van der Waals surface area contributed by atoms with Crippen LogP contribution in [0.1, 0.15) is 17.2 Å². The summed E-state index contributed by atoms with van der Waals surface area (Å²) in [5.74, 6) is 0. The van der Waals surface area contributed by atoms with E-state index in [0.29, 0.717) is 0 Å². The molecule has 3 heteroatoms. The number of rotatable bonds is 2. The van der Waals surface area contributed by atoms with E-state index < -0.39 is 0 Å². The van der Waals surface area contributed by atoms with Gasteiger partial charge in [0.2, 0.25) is 0 Å².